The molecule has 31 heavy (non-hydrogen) atoms. The van der Waals surface area contributed by atoms with Gasteiger partial charge in [-0.15, -0.1) is 24.0 Å². The molecule has 0 bridgehead atoms. The van der Waals surface area contributed by atoms with Crippen LogP contribution in [0, 0.1) is 0 Å². The second-order valence-corrected chi connectivity index (χ2v) is 8.98. The fourth-order valence-corrected chi connectivity index (χ4v) is 5.71. The highest BCUT2D eigenvalue weighted by atomic mass is 127. The van der Waals surface area contributed by atoms with Crippen molar-refractivity contribution in [3.05, 3.63) is 53.9 Å². The highest BCUT2D eigenvalue weighted by molar-refractivity contribution is 14.0. The van der Waals surface area contributed by atoms with Gasteiger partial charge in [-0.25, -0.2) is 0 Å². The number of halogens is 1. The van der Waals surface area contributed by atoms with Gasteiger partial charge < -0.3 is 15.4 Å². The van der Waals surface area contributed by atoms with Crippen LogP contribution in [0.1, 0.15) is 17.5 Å². The first kappa shape index (κ1) is 24.3. The summed E-state index contributed by atoms with van der Waals surface area (Å²) in [5, 5.41) is 11.5. The number of aromatic nitrogens is 2. The molecule has 9 heteroatoms. The molecule has 2 aliphatic rings. The summed E-state index contributed by atoms with van der Waals surface area (Å²) in [7, 11) is 1.84. The molecular weight excluding hydrogens is 523 g/mol. The molecule has 1 aromatic carbocycles. The minimum absolute atomic E-state index is 0. The van der Waals surface area contributed by atoms with Crippen LogP contribution in [0.15, 0.2) is 47.7 Å². The quantitative estimate of drug-likeness (QED) is 0.311. The fourth-order valence-electron chi connectivity index (χ4n) is 4.24. The van der Waals surface area contributed by atoms with Gasteiger partial charge in [0.2, 0.25) is 0 Å². The van der Waals surface area contributed by atoms with E-state index in [2.05, 4.69) is 61.7 Å². The van der Waals surface area contributed by atoms with Gasteiger partial charge in [0.1, 0.15) is 0 Å². The van der Waals surface area contributed by atoms with E-state index in [1.807, 2.05) is 30.2 Å². The lowest BCUT2D eigenvalue weighted by molar-refractivity contribution is -0.0120. The van der Waals surface area contributed by atoms with Crippen molar-refractivity contribution in [1.82, 2.24) is 25.3 Å². The molecule has 1 atom stereocenters. The van der Waals surface area contributed by atoms with Gasteiger partial charge in [0.05, 0.1) is 19.8 Å². The van der Waals surface area contributed by atoms with Crippen LogP contribution in [0.3, 0.4) is 0 Å². The van der Waals surface area contributed by atoms with E-state index in [0.717, 1.165) is 51.9 Å². The monoisotopic (exact) mass is 556 g/mol. The van der Waals surface area contributed by atoms with Crippen molar-refractivity contribution >= 4 is 41.7 Å². The zero-order valence-electron chi connectivity index (χ0n) is 18.1. The van der Waals surface area contributed by atoms with Crippen molar-refractivity contribution in [2.24, 2.45) is 4.99 Å². The van der Waals surface area contributed by atoms with E-state index >= 15 is 0 Å². The van der Waals surface area contributed by atoms with Crippen molar-refractivity contribution in [2.75, 3.05) is 51.4 Å². The second kappa shape index (κ2) is 12.1. The number of rotatable bonds is 7. The molecular formula is C22H33IN6OS. The lowest BCUT2D eigenvalue weighted by Gasteiger charge is -2.43. The first-order valence-corrected chi connectivity index (χ1v) is 11.8. The number of nitrogens with one attached hydrogen (secondary N) is 2. The standard InChI is InChI=1S/C22H32N6OS.HI/c1-23-21(25-17-22(7-14-30-18-22)27-10-12-29-13-11-27)24-15-19-5-2-3-6-20(19)16-28-9-4-8-26-28;/h2-6,8-9H,7,10-18H2,1H3,(H2,23,24,25);1H. The molecule has 7 nitrogen and oxygen atoms in total. The van der Waals surface area contributed by atoms with Gasteiger partial charge in [0.25, 0.3) is 0 Å². The average Bonchev–Trinajstić information content (AvgIpc) is 3.48. The van der Waals surface area contributed by atoms with Crippen molar-refractivity contribution in [3.63, 3.8) is 0 Å². The molecule has 2 aliphatic heterocycles. The predicted molar refractivity (Wildman–Crippen MR) is 138 cm³/mol. The first-order valence-electron chi connectivity index (χ1n) is 10.7. The summed E-state index contributed by atoms with van der Waals surface area (Å²) in [4.78, 5) is 7.09. The molecule has 0 amide bonds. The van der Waals surface area contributed by atoms with E-state index in [1.165, 1.54) is 29.1 Å². The smallest absolute Gasteiger partial charge is 0.191 e. The van der Waals surface area contributed by atoms with Crippen molar-refractivity contribution in [3.8, 4) is 0 Å². The van der Waals surface area contributed by atoms with Gasteiger partial charge >= 0.3 is 0 Å². The Morgan fingerprint density at radius 2 is 2.00 bits per heavy atom. The zero-order chi connectivity index (χ0) is 20.7. The van der Waals surface area contributed by atoms with Gasteiger partial charge in [0, 0.05) is 56.9 Å². The summed E-state index contributed by atoms with van der Waals surface area (Å²) in [6, 6.07) is 10.5. The Hall–Kier alpha value is -1.30. The van der Waals surface area contributed by atoms with Crippen LogP contribution in [0.4, 0.5) is 0 Å². The normalized spacial score (nSPS) is 22.2. The Kier molecular flexibility index (Phi) is 9.48. The molecule has 0 spiro atoms. The Morgan fingerprint density at radius 3 is 2.68 bits per heavy atom. The summed E-state index contributed by atoms with van der Waals surface area (Å²) in [6.45, 7) is 6.14. The van der Waals surface area contributed by atoms with Gasteiger partial charge in [0.15, 0.2) is 5.96 Å². The van der Waals surface area contributed by atoms with E-state index in [4.69, 9.17) is 4.74 Å². The number of thioether (sulfide) groups is 1. The van der Waals surface area contributed by atoms with Crippen LogP contribution >= 0.6 is 35.7 Å². The second-order valence-electron chi connectivity index (χ2n) is 7.88. The minimum atomic E-state index is 0. The maximum absolute atomic E-state index is 5.58. The van der Waals surface area contributed by atoms with Crippen LogP contribution in [0.25, 0.3) is 0 Å². The third kappa shape index (κ3) is 6.36. The van der Waals surface area contributed by atoms with Gasteiger partial charge in [-0.05, 0) is 29.4 Å². The van der Waals surface area contributed by atoms with E-state index in [9.17, 15) is 0 Å². The molecule has 4 rings (SSSR count). The van der Waals surface area contributed by atoms with E-state index in [0.29, 0.717) is 0 Å². The Morgan fingerprint density at radius 1 is 1.19 bits per heavy atom. The number of aliphatic imine (C=N–C) groups is 1. The molecule has 1 unspecified atom stereocenters. The van der Waals surface area contributed by atoms with Crippen LogP contribution in [-0.4, -0.2) is 77.6 Å². The lowest BCUT2D eigenvalue weighted by atomic mass is 9.95. The number of benzene rings is 1. The maximum atomic E-state index is 5.58. The third-order valence-electron chi connectivity index (χ3n) is 6.03. The Labute approximate surface area is 206 Å². The molecule has 2 fully saturated rings. The fraction of sp³-hybridized carbons (Fsp3) is 0.545. The van der Waals surface area contributed by atoms with E-state index < -0.39 is 0 Å². The minimum Gasteiger partial charge on any atom is -0.379 e. The van der Waals surface area contributed by atoms with Crippen LogP contribution in [0.2, 0.25) is 0 Å². The van der Waals surface area contributed by atoms with Gasteiger partial charge in [-0.3, -0.25) is 14.6 Å². The first-order chi connectivity index (χ1) is 14.8. The molecule has 2 aromatic rings. The zero-order valence-corrected chi connectivity index (χ0v) is 21.3. The Balaban J connectivity index is 0.00000272. The van der Waals surface area contributed by atoms with E-state index in [-0.39, 0.29) is 29.5 Å². The number of hydrogen-bond donors (Lipinski definition) is 2. The molecule has 0 aliphatic carbocycles. The van der Waals surface area contributed by atoms with E-state index in [1.54, 1.807) is 0 Å². The van der Waals surface area contributed by atoms with Crippen LogP contribution < -0.4 is 10.6 Å². The number of morpholine rings is 1. The van der Waals surface area contributed by atoms with Gasteiger partial charge in [-0.1, -0.05) is 24.3 Å². The SMILES string of the molecule is CN=C(NCc1ccccc1Cn1cccn1)NCC1(N2CCOCC2)CCSC1.I. The topological polar surface area (TPSA) is 66.7 Å². The maximum Gasteiger partial charge on any atom is 0.191 e. The van der Waals surface area contributed by atoms with Crippen molar-refractivity contribution < 1.29 is 4.74 Å². The molecule has 1 aromatic heterocycles. The predicted octanol–water partition coefficient (Wildman–Crippen LogP) is 2.42. The third-order valence-corrected chi connectivity index (χ3v) is 7.26. The molecule has 0 radical (unpaired) electrons. The molecule has 2 saturated heterocycles. The van der Waals surface area contributed by atoms with Gasteiger partial charge in [-0.2, -0.15) is 16.9 Å². The number of hydrogen-bond acceptors (Lipinski definition) is 5. The average molecular weight is 557 g/mol. The molecule has 3 heterocycles. The highest BCUT2D eigenvalue weighted by Gasteiger charge is 2.40. The number of guanidine groups is 1. The van der Waals surface area contributed by atoms with Crippen LogP contribution in [-0.2, 0) is 17.8 Å². The molecule has 0 saturated carbocycles. The summed E-state index contributed by atoms with van der Waals surface area (Å²) >= 11 is 2.06. The summed E-state index contributed by atoms with van der Waals surface area (Å²) in [5.74, 6) is 3.25. The van der Waals surface area contributed by atoms with Crippen LogP contribution in [0.5, 0.6) is 0 Å². The highest BCUT2D eigenvalue weighted by Crippen LogP contribution is 2.33. The molecule has 170 valence electrons. The number of nitrogens with zero attached hydrogens (tertiary/aromatic N) is 4. The Bertz CT molecular complexity index is 819. The number of ether oxygens (including phenoxy) is 1. The summed E-state index contributed by atoms with van der Waals surface area (Å²) in [6.07, 6.45) is 5.03. The van der Waals surface area contributed by atoms with Crippen molar-refractivity contribution in [2.45, 2.75) is 25.0 Å². The largest absolute Gasteiger partial charge is 0.379 e. The molecule has 2 N–H and O–H groups in total. The summed E-state index contributed by atoms with van der Waals surface area (Å²) < 4.78 is 7.53. The lowest BCUT2D eigenvalue weighted by Crippen LogP contribution is -2.60. The van der Waals surface area contributed by atoms with Crippen molar-refractivity contribution in [1.29, 1.82) is 0 Å². The summed E-state index contributed by atoms with van der Waals surface area (Å²) in [5.41, 5.74) is 2.72.